The van der Waals surface area contributed by atoms with Crippen LogP contribution >= 0.6 is 0 Å². The van der Waals surface area contributed by atoms with E-state index in [1.54, 1.807) is 0 Å². The first-order valence-electron chi connectivity index (χ1n) is 10.0. The molecule has 0 radical (unpaired) electrons. The molecule has 0 aromatic rings. The summed E-state index contributed by atoms with van der Waals surface area (Å²) in [5, 5.41) is 0. The summed E-state index contributed by atoms with van der Waals surface area (Å²) in [7, 11) is 0. The molecule has 0 saturated carbocycles. The number of hydrogen-bond acceptors (Lipinski definition) is 2. The second-order valence-electron chi connectivity index (χ2n) is 6.75. The van der Waals surface area contributed by atoms with Crippen LogP contribution in [0.25, 0.3) is 0 Å². The summed E-state index contributed by atoms with van der Waals surface area (Å²) in [4.78, 5) is 4.00. The average Bonchev–Trinajstić information content (AvgIpc) is 2.53. The van der Waals surface area contributed by atoms with E-state index in [-0.39, 0.29) is 5.96 Å². The van der Waals surface area contributed by atoms with Gasteiger partial charge >= 0.3 is 0 Å². The maximum absolute atomic E-state index is 5.49. The van der Waals surface area contributed by atoms with Gasteiger partial charge in [0.15, 0.2) is 5.96 Å². The van der Waals surface area contributed by atoms with Gasteiger partial charge in [0.1, 0.15) is 0 Å². The summed E-state index contributed by atoms with van der Waals surface area (Å²) in [6, 6.07) is 0. The molecule has 4 heteroatoms. The van der Waals surface area contributed by atoms with Crippen molar-refractivity contribution in [1.29, 1.82) is 0 Å². The molecule has 0 aliphatic rings. The van der Waals surface area contributed by atoms with E-state index < -0.39 is 0 Å². The molecule has 0 atom stereocenters. The molecule has 138 valence electrons. The molecule has 4 nitrogen and oxygen atoms in total. The molecule has 0 aliphatic carbocycles. The minimum atomic E-state index is 0.219. The van der Waals surface area contributed by atoms with Crippen molar-refractivity contribution >= 4 is 5.96 Å². The van der Waals surface area contributed by atoms with Crippen molar-refractivity contribution in [2.45, 2.75) is 103 Å². The molecule has 0 aromatic heterocycles. The van der Waals surface area contributed by atoms with E-state index in [1.165, 1.54) is 96.3 Å². The third-order valence-corrected chi connectivity index (χ3v) is 4.41. The van der Waals surface area contributed by atoms with Gasteiger partial charge in [-0.1, -0.05) is 89.9 Å². The first kappa shape index (κ1) is 22.2. The number of nitrogens with zero attached hydrogens (tertiary/aromatic N) is 1. The number of unbranched alkanes of at least 4 members (excludes halogenated alkanes) is 15. The first-order chi connectivity index (χ1) is 11.3. The number of guanidine groups is 1. The van der Waals surface area contributed by atoms with Crippen LogP contribution in [0.2, 0.25) is 0 Å². The van der Waals surface area contributed by atoms with E-state index in [1.807, 2.05) is 0 Å². The van der Waals surface area contributed by atoms with Gasteiger partial charge < -0.3 is 17.2 Å². The minimum absolute atomic E-state index is 0.219. The Morgan fingerprint density at radius 3 is 1.09 bits per heavy atom. The van der Waals surface area contributed by atoms with Crippen molar-refractivity contribution < 1.29 is 0 Å². The van der Waals surface area contributed by atoms with Gasteiger partial charge in [-0.3, -0.25) is 4.99 Å². The second-order valence-corrected chi connectivity index (χ2v) is 6.75. The van der Waals surface area contributed by atoms with Gasteiger partial charge in [0.25, 0.3) is 0 Å². The monoisotopic (exact) mass is 326 g/mol. The molecule has 0 amide bonds. The zero-order valence-corrected chi connectivity index (χ0v) is 15.4. The van der Waals surface area contributed by atoms with E-state index in [0.717, 1.165) is 19.5 Å². The smallest absolute Gasteiger partial charge is 0.185 e. The Labute approximate surface area is 144 Å². The SMILES string of the molecule is NCCCCCCCCCCCCCCCCCCN=C(N)N. The molecule has 0 aliphatic heterocycles. The van der Waals surface area contributed by atoms with Gasteiger partial charge in [-0.15, -0.1) is 0 Å². The summed E-state index contributed by atoms with van der Waals surface area (Å²) < 4.78 is 0. The van der Waals surface area contributed by atoms with Gasteiger partial charge in [-0.05, 0) is 19.4 Å². The van der Waals surface area contributed by atoms with Crippen molar-refractivity contribution in [3.8, 4) is 0 Å². The molecule has 0 unspecified atom stereocenters. The molecule has 0 rings (SSSR count). The molecule has 23 heavy (non-hydrogen) atoms. The lowest BCUT2D eigenvalue weighted by Crippen LogP contribution is -2.22. The van der Waals surface area contributed by atoms with Crippen LogP contribution < -0.4 is 17.2 Å². The van der Waals surface area contributed by atoms with Gasteiger partial charge in [-0.25, -0.2) is 0 Å². The molecule has 6 N–H and O–H groups in total. The fraction of sp³-hybridized carbons (Fsp3) is 0.947. The highest BCUT2D eigenvalue weighted by atomic mass is 15.0. The molecule has 0 spiro atoms. The molecule has 0 fully saturated rings. The second kappa shape index (κ2) is 19.3. The number of hydrogen-bond donors (Lipinski definition) is 3. The van der Waals surface area contributed by atoms with Crippen LogP contribution in [0, 0.1) is 0 Å². The molecule has 0 bridgehead atoms. The van der Waals surface area contributed by atoms with Crippen molar-refractivity contribution in [1.82, 2.24) is 0 Å². The maximum Gasteiger partial charge on any atom is 0.185 e. The Morgan fingerprint density at radius 1 is 0.478 bits per heavy atom. The van der Waals surface area contributed by atoms with Crippen LogP contribution in [0.4, 0.5) is 0 Å². The standard InChI is InChI=1S/C19H42N4/c20-17-15-13-11-9-7-5-3-1-2-4-6-8-10-12-14-16-18-23-19(21)22/h1-18,20H2,(H4,21,22,23). The number of nitrogens with two attached hydrogens (primary N) is 3. The molecule has 0 aromatic carbocycles. The molecular weight excluding hydrogens is 284 g/mol. The molecule has 0 saturated heterocycles. The van der Waals surface area contributed by atoms with E-state index >= 15 is 0 Å². The summed E-state index contributed by atoms with van der Waals surface area (Å²) in [6.45, 7) is 1.65. The van der Waals surface area contributed by atoms with Gasteiger partial charge in [0, 0.05) is 6.54 Å². The largest absolute Gasteiger partial charge is 0.370 e. The number of aliphatic imine (C=N–C) groups is 1. The average molecular weight is 327 g/mol. The summed E-state index contributed by atoms with van der Waals surface area (Å²) >= 11 is 0. The Bertz CT molecular complexity index is 250. The third-order valence-electron chi connectivity index (χ3n) is 4.41. The van der Waals surface area contributed by atoms with Crippen molar-refractivity contribution in [3.05, 3.63) is 0 Å². The van der Waals surface area contributed by atoms with Gasteiger partial charge in [0.2, 0.25) is 0 Å². The predicted molar refractivity (Wildman–Crippen MR) is 104 cm³/mol. The van der Waals surface area contributed by atoms with Crippen LogP contribution in [0.3, 0.4) is 0 Å². The summed E-state index contributed by atoms with van der Waals surface area (Å²) in [5.41, 5.74) is 16.1. The van der Waals surface area contributed by atoms with Gasteiger partial charge in [0.05, 0.1) is 0 Å². The lowest BCUT2D eigenvalue weighted by molar-refractivity contribution is 0.529. The topological polar surface area (TPSA) is 90.4 Å². The van der Waals surface area contributed by atoms with Crippen LogP contribution in [0.15, 0.2) is 4.99 Å². The zero-order valence-electron chi connectivity index (χ0n) is 15.4. The van der Waals surface area contributed by atoms with Crippen LogP contribution in [0.1, 0.15) is 103 Å². The quantitative estimate of drug-likeness (QED) is 0.197. The van der Waals surface area contributed by atoms with Gasteiger partial charge in [-0.2, -0.15) is 0 Å². The number of rotatable bonds is 18. The highest BCUT2D eigenvalue weighted by Crippen LogP contribution is 2.13. The van der Waals surface area contributed by atoms with Crippen molar-refractivity contribution in [3.63, 3.8) is 0 Å². The maximum atomic E-state index is 5.49. The minimum Gasteiger partial charge on any atom is -0.370 e. The Hall–Kier alpha value is -0.770. The van der Waals surface area contributed by atoms with Crippen LogP contribution in [-0.2, 0) is 0 Å². The predicted octanol–water partition coefficient (Wildman–Crippen LogP) is 4.46. The van der Waals surface area contributed by atoms with Crippen LogP contribution in [-0.4, -0.2) is 19.0 Å². The van der Waals surface area contributed by atoms with E-state index in [2.05, 4.69) is 4.99 Å². The third kappa shape index (κ3) is 21.2. The Morgan fingerprint density at radius 2 is 0.783 bits per heavy atom. The highest BCUT2D eigenvalue weighted by molar-refractivity contribution is 5.75. The van der Waals surface area contributed by atoms with Crippen molar-refractivity contribution in [2.24, 2.45) is 22.2 Å². The molecular formula is C19H42N4. The Kier molecular flexibility index (Phi) is 18.6. The summed E-state index contributed by atoms with van der Waals surface area (Å²) in [5.74, 6) is 0.219. The van der Waals surface area contributed by atoms with E-state index in [9.17, 15) is 0 Å². The lowest BCUT2D eigenvalue weighted by atomic mass is 10.0. The first-order valence-corrected chi connectivity index (χ1v) is 10.0. The fourth-order valence-electron chi connectivity index (χ4n) is 2.94. The Balaban J connectivity index is 2.99. The molecule has 0 heterocycles. The normalized spacial score (nSPS) is 10.8. The zero-order chi connectivity index (χ0) is 17.0. The fourth-order valence-corrected chi connectivity index (χ4v) is 2.94. The summed E-state index contributed by atoms with van der Waals surface area (Å²) in [6.07, 6.45) is 21.7. The highest BCUT2D eigenvalue weighted by Gasteiger charge is 1.94. The lowest BCUT2D eigenvalue weighted by Gasteiger charge is -2.03. The van der Waals surface area contributed by atoms with E-state index in [4.69, 9.17) is 17.2 Å². The van der Waals surface area contributed by atoms with E-state index in [0.29, 0.717) is 0 Å². The van der Waals surface area contributed by atoms with Crippen molar-refractivity contribution in [2.75, 3.05) is 13.1 Å². The van der Waals surface area contributed by atoms with Crippen LogP contribution in [0.5, 0.6) is 0 Å².